The number of piperazine rings is 1. The minimum atomic E-state index is 0.0110. The van der Waals surface area contributed by atoms with Crippen LogP contribution in [-0.4, -0.2) is 60.4 Å². The number of nitrogens with zero attached hydrogens (tertiary/aromatic N) is 2. The number of rotatable bonds is 5. The smallest absolute Gasteiger partial charge is 0.228 e. The second-order valence-corrected chi connectivity index (χ2v) is 10.3. The third-order valence-corrected chi connectivity index (χ3v) is 7.72. The van der Waals surface area contributed by atoms with E-state index in [4.69, 9.17) is 11.6 Å². The van der Waals surface area contributed by atoms with E-state index in [1.165, 1.54) is 12.8 Å². The normalized spacial score (nSPS) is 25.2. The first-order valence-corrected chi connectivity index (χ1v) is 12.6. The van der Waals surface area contributed by atoms with Gasteiger partial charge in [0.1, 0.15) is 0 Å². The highest BCUT2D eigenvalue weighted by Crippen LogP contribution is 2.30. The predicted molar refractivity (Wildman–Crippen MR) is 129 cm³/mol. The molecule has 2 amide bonds. The number of amides is 2. The van der Waals surface area contributed by atoms with Gasteiger partial charge in [-0.3, -0.25) is 14.5 Å². The van der Waals surface area contributed by atoms with E-state index in [0.29, 0.717) is 10.9 Å². The summed E-state index contributed by atoms with van der Waals surface area (Å²) in [4.78, 5) is 30.1. The van der Waals surface area contributed by atoms with E-state index in [1.54, 1.807) is 0 Å². The van der Waals surface area contributed by atoms with Gasteiger partial charge in [-0.2, -0.15) is 0 Å². The molecule has 6 nitrogen and oxygen atoms in total. The van der Waals surface area contributed by atoms with Crippen LogP contribution in [0.1, 0.15) is 56.6 Å². The van der Waals surface area contributed by atoms with Gasteiger partial charge in [-0.05, 0) is 69.3 Å². The van der Waals surface area contributed by atoms with E-state index < -0.39 is 0 Å². The van der Waals surface area contributed by atoms with Crippen LogP contribution in [0.25, 0.3) is 0 Å². The number of anilines is 1. The van der Waals surface area contributed by atoms with Crippen molar-refractivity contribution in [1.82, 2.24) is 15.1 Å². The average Bonchev–Trinajstić information content (AvgIpc) is 3.32. The zero-order valence-electron chi connectivity index (χ0n) is 19.5. The van der Waals surface area contributed by atoms with Gasteiger partial charge in [0, 0.05) is 55.4 Å². The fourth-order valence-electron chi connectivity index (χ4n) is 5.49. The van der Waals surface area contributed by atoms with Gasteiger partial charge in [-0.1, -0.05) is 24.4 Å². The van der Waals surface area contributed by atoms with Gasteiger partial charge < -0.3 is 15.5 Å². The first-order chi connectivity index (χ1) is 15.4. The Morgan fingerprint density at radius 1 is 1.12 bits per heavy atom. The van der Waals surface area contributed by atoms with Crippen molar-refractivity contribution < 1.29 is 9.59 Å². The summed E-state index contributed by atoms with van der Waals surface area (Å²) in [7, 11) is 0. The fourth-order valence-corrected chi connectivity index (χ4v) is 5.73. The van der Waals surface area contributed by atoms with Crippen LogP contribution in [0.5, 0.6) is 0 Å². The summed E-state index contributed by atoms with van der Waals surface area (Å²) in [6.07, 6.45) is 6.44. The van der Waals surface area contributed by atoms with Crippen LogP contribution >= 0.6 is 11.6 Å². The van der Waals surface area contributed by atoms with Crippen molar-refractivity contribution in [3.05, 3.63) is 28.3 Å². The molecule has 0 bridgehead atoms. The van der Waals surface area contributed by atoms with E-state index >= 15 is 0 Å². The number of carbonyl (C=O) groups is 2. The molecule has 3 fully saturated rings. The molecule has 1 saturated carbocycles. The number of benzene rings is 1. The van der Waals surface area contributed by atoms with Crippen LogP contribution in [0.4, 0.5) is 5.69 Å². The summed E-state index contributed by atoms with van der Waals surface area (Å²) in [6, 6.07) is 4.08. The molecule has 1 aromatic rings. The Hall–Kier alpha value is -1.63. The number of hydrogen-bond donors (Lipinski definition) is 2. The van der Waals surface area contributed by atoms with E-state index in [-0.39, 0.29) is 23.8 Å². The Morgan fingerprint density at radius 2 is 1.88 bits per heavy atom. The van der Waals surface area contributed by atoms with Crippen molar-refractivity contribution in [2.24, 2.45) is 11.8 Å². The zero-order chi connectivity index (χ0) is 22.7. The fraction of sp³-hybridized carbons (Fsp3) is 0.680. The maximum absolute atomic E-state index is 12.9. The Labute approximate surface area is 197 Å². The molecule has 2 saturated heterocycles. The van der Waals surface area contributed by atoms with E-state index in [2.05, 4.69) is 34.3 Å². The molecule has 2 N–H and O–H groups in total. The first kappa shape index (κ1) is 23.5. The Bertz CT molecular complexity index is 833. The molecule has 0 aromatic heterocycles. The van der Waals surface area contributed by atoms with Crippen LogP contribution in [0.15, 0.2) is 12.1 Å². The molecular weight excluding hydrogens is 424 g/mol. The van der Waals surface area contributed by atoms with Gasteiger partial charge in [0.2, 0.25) is 11.8 Å². The van der Waals surface area contributed by atoms with Gasteiger partial charge >= 0.3 is 0 Å². The molecule has 4 rings (SSSR count). The van der Waals surface area contributed by atoms with Crippen LogP contribution in [0.3, 0.4) is 0 Å². The summed E-state index contributed by atoms with van der Waals surface area (Å²) in [5, 5.41) is 7.07. The minimum absolute atomic E-state index is 0.0110. The van der Waals surface area contributed by atoms with Crippen molar-refractivity contribution >= 4 is 29.1 Å². The standard InChI is InChI=1S/C25H37ClN4O2/c1-17-15-29(10-11-30(17)25(32)19-6-3-4-7-19)16-21-12-22(26)13-23(18(21)2)28-24(31)20-8-5-9-27-14-20/h12-13,17,19-20,27H,3-11,14-16H2,1-2H3,(H,28,31)/t17-,20+/m0/s1. The van der Waals surface area contributed by atoms with Gasteiger partial charge in [0.15, 0.2) is 0 Å². The molecule has 3 aliphatic rings. The largest absolute Gasteiger partial charge is 0.337 e. The summed E-state index contributed by atoms with van der Waals surface area (Å²) in [5.74, 6) is 0.679. The molecule has 32 heavy (non-hydrogen) atoms. The monoisotopic (exact) mass is 460 g/mol. The molecule has 7 heteroatoms. The Balaban J connectivity index is 1.38. The predicted octanol–water partition coefficient (Wildman–Crippen LogP) is 3.81. The maximum atomic E-state index is 12.9. The lowest BCUT2D eigenvalue weighted by Gasteiger charge is -2.41. The molecule has 0 unspecified atom stereocenters. The molecule has 0 spiro atoms. The molecule has 0 radical (unpaired) electrons. The van der Waals surface area contributed by atoms with Crippen molar-refractivity contribution in [2.45, 2.75) is 65.0 Å². The zero-order valence-corrected chi connectivity index (χ0v) is 20.2. The topological polar surface area (TPSA) is 64.7 Å². The van der Waals surface area contributed by atoms with Gasteiger partial charge in [0.05, 0.1) is 5.92 Å². The first-order valence-electron chi connectivity index (χ1n) is 12.3. The van der Waals surface area contributed by atoms with E-state index in [1.807, 2.05) is 12.1 Å². The number of piperidine rings is 1. The molecule has 176 valence electrons. The molecule has 2 heterocycles. The molecular formula is C25H37ClN4O2. The van der Waals surface area contributed by atoms with Crippen molar-refractivity contribution in [1.29, 1.82) is 0 Å². The van der Waals surface area contributed by atoms with Gasteiger partial charge in [-0.15, -0.1) is 0 Å². The van der Waals surface area contributed by atoms with E-state index in [0.717, 1.165) is 81.8 Å². The molecule has 2 aliphatic heterocycles. The third-order valence-electron chi connectivity index (χ3n) is 7.50. The molecule has 1 aromatic carbocycles. The van der Waals surface area contributed by atoms with E-state index in [9.17, 15) is 9.59 Å². The van der Waals surface area contributed by atoms with Crippen molar-refractivity contribution in [2.75, 3.05) is 38.0 Å². The summed E-state index contributed by atoms with van der Waals surface area (Å²) < 4.78 is 0. The van der Waals surface area contributed by atoms with Crippen LogP contribution in [0.2, 0.25) is 5.02 Å². The Morgan fingerprint density at radius 3 is 2.56 bits per heavy atom. The van der Waals surface area contributed by atoms with Crippen LogP contribution in [0, 0.1) is 18.8 Å². The summed E-state index contributed by atoms with van der Waals surface area (Å²) in [5.41, 5.74) is 3.02. The summed E-state index contributed by atoms with van der Waals surface area (Å²) >= 11 is 6.44. The number of hydrogen-bond acceptors (Lipinski definition) is 4. The van der Waals surface area contributed by atoms with Crippen LogP contribution in [-0.2, 0) is 16.1 Å². The highest BCUT2D eigenvalue weighted by atomic mass is 35.5. The highest BCUT2D eigenvalue weighted by Gasteiger charge is 2.33. The lowest BCUT2D eigenvalue weighted by atomic mass is 9.98. The second-order valence-electron chi connectivity index (χ2n) is 9.87. The minimum Gasteiger partial charge on any atom is -0.337 e. The highest BCUT2D eigenvalue weighted by molar-refractivity contribution is 6.31. The molecule has 1 aliphatic carbocycles. The quantitative estimate of drug-likeness (QED) is 0.701. The number of carbonyl (C=O) groups excluding carboxylic acids is 2. The maximum Gasteiger partial charge on any atom is 0.228 e. The summed E-state index contributed by atoms with van der Waals surface area (Å²) in [6.45, 7) is 9.23. The van der Waals surface area contributed by atoms with Crippen LogP contribution < -0.4 is 10.6 Å². The lowest BCUT2D eigenvalue weighted by Crippen LogP contribution is -2.54. The van der Waals surface area contributed by atoms with Gasteiger partial charge in [-0.25, -0.2) is 0 Å². The van der Waals surface area contributed by atoms with Gasteiger partial charge in [0.25, 0.3) is 0 Å². The number of halogens is 1. The SMILES string of the molecule is Cc1c(CN2CCN(C(=O)C3CCCC3)[C@@H](C)C2)cc(Cl)cc1NC(=O)[C@@H]1CCCNC1. The van der Waals surface area contributed by atoms with Crippen molar-refractivity contribution in [3.8, 4) is 0 Å². The number of nitrogens with one attached hydrogen (secondary N) is 2. The second kappa shape index (κ2) is 10.5. The molecule has 2 atom stereocenters. The third kappa shape index (κ3) is 5.46. The average molecular weight is 461 g/mol. The lowest BCUT2D eigenvalue weighted by molar-refractivity contribution is -0.140. The Kier molecular flexibility index (Phi) is 7.74. The van der Waals surface area contributed by atoms with Crippen molar-refractivity contribution in [3.63, 3.8) is 0 Å².